The zero-order valence-electron chi connectivity index (χ0n) is 11.7. The summed E-state index contributed by atoms with van der Waals surface area (Å²) in [5.74, 6) is 0.882. The third-order valence-corrected chi connectivity index (χ3v) is 4.66. The van der Waals surface area contributed by atoms with Crippen molar-refractivity contribution in [1.29, 1.82) is 0 Å². The van der Waals surface area contributed by atoms with Gasteiger partial charge in [0, 0.05) is 25.6 Å². The molecule has 1 aromatic carbocycles. The summed E-state index contributed by atoms with van der Waals surface area (Å²) < 4.78 is 36.6. The monoisotopic (exact) mass is 326 g/mol. The second-order valence-corrected chi connectivity index (χ2v) is 6.80. The highest BCUT2D eigenvalue weighted by Crippen LogP contribution is 2.29. The summed E-state index contributed by atoms with van der Waals surface area (Å²) in [4.78, 5) is 5.57. The maximum Gasteiger partial charge on any atom is 0.312 e. The fraction of sp³-hybridized carbons (Fsp3) is 0.250. The van der Waals surface area contributed by atoms with Gasteiger partial charge in [0.25, 0.3) is 4.34 Å². The predicted molar refractivity (Wildman–Crippen MR) is 81.3 cm³/mol. The van der Waals surface area contributed by atoms with Crippen molar-refractivity contribution in [3.05, 3.63) is 24.3 Å². The Labute approximate surface area is 127 Å². The van der Waals surface area contributed by atoms with Crippen LogP contribution in [0.5, 0.6) is 5.75 Å². The number of methoxy groups -OCH3 is 1. The van der Waals surface area contributed by atoms with Crippen LogP contribution in [0.2, 0.25) is 0 Å². The highest BCUT2D eigenvalue weighted by Gasteiger charge is 2.20. The molecule has 2 aromatic rings. The molecule has 0 aliphatic carbocycles. The molecule has 0 N–H and O–H groups in total. The number of nitrogens with zero attached hydrogens (tertiary/aromatic N) is 4. The number of aromatic nitrogens is 2. The third-order valence-electron chi connectivity index (χ3n) is 2.39. The molecule has 21 heavy (non-hydrogen) atoms. The molecule has 7 nitrogen and oxygen atoms in total. The molecule has 9 heteroatoms. The van der Waals surface area contributed by atoms with Crippen LogP contribution in [0.15, 0.2) is 33.0 Å². The lowest BCUT2D eigenvalue weighted by Crippen LogP contribution is -2.10. The molecule has 0 bridgehead atoms. The molecule has 0 amide bonds. The maximum absolute atomic E-state index is 12.0. The number of hydrogen-bond acceptors (Lipinski definition) is 6. The largest absolute Gasteiger partial charge is 0.496 e. The number of ether oxygens (including phenoxy) is 1. The lowest BCUT2D eigenvalue weighted by atomic mass is 10.2. The van der Waals surface area contributed by atoms with Gasteiger partial charge in [-0.15, -0.1) is 4.40 Å². The Kier molecular flexibility index (Phi) is 4.53. The number of hydrogen-bond donors (Lipinski definition) is 0. The van der Waals surface area contributed by atoms with Crippen LogP contribution in [-0.4, -0.2) is 50.2 Å². The molecule has 112 valence electrons. The summed E-state index contributed by atoms with van der Waals surface area (Å²) in [5, 5.41) is 0. The Morgan fingerprint density at radius 2 is 2.05 bits per heavy atom. The van der Waals surface area contributed by atoms with Crippen LogP contribution in [0.4, 0.5) is 0 Å². The van der Waals surface area contributed by atoms with E-state index in [-0.39, 0.29) is 4.34 Å². The van der Waals surface area contributed by atoms with Gasteiger partial charge < -0.3 is 9.64 Å². The molecule has 0 atom stereocenters. The SMILES string of the molecule is COc1ccccc1-c1nsc(S(=O)(=O)N=CN(C)C)n1. The molecule has 0 unspecified atom stereocenters. The fourth-order valence-electron chi connectivity index (χ4n) is 1.45. The molecule has 0 fully saturated rings. The summed E-state index contributed by atoms with van der Waals surface area (Å²) >= 11 is 0.785. The van der Waals surface area contributed by atoms with E-state index >= 15 is 0 Å². The van der Waals surface area contributed by atoms with Crippen LogP contribution in [0, 0.1) is 0 Å². The molecule has 1 heterocycles. The van der Waals surface area contributed by atoms with Crippen LogP contribution in [0.3, 0.4) is 0 Å². The third kappa shape index (κ3) is 3.56. The minimum absolute atomic E-state index is 0.151. The van der Waals surface area contributed by atoms with E-state index in [0.29, 0.717) is 17.1 Å². The lowest BCUT2D eigenvalue weighted by molar-refractivity contribution is 0.416. The minimum Gasteiger partial charge on any atom is -0.496 e. The van der Waals surface area contributed by atoms with Gasteiger partial charge >= 0.3 is 10.0 Å². The molecule has 0 saturated heterocycles. The highest BCUT2D eigenvalue weighted by molar-refractivity contribution is 7.92. The standard InChI is InChI=1S/C12H14N4O3S2/c1-16(2)8-13-21(17,18)12-14-11(15-20-12)9-6-4-5-7-10(9)19-3/h4-8H,1-3H3. The Balaban J connectivity index is 2.38. The van der Waals surface area contributed by atoms with Crippen LogP contribution in [0.1, 0.15) is 0 Å². The van der Waals surface area contributed by atoms with Gasteiger partial charge in [0.15, 0.2) is 5.82 Å². The van der Waals surface area contributed by atoms with E-state index in [0.717, 1.165) is 11.5 Å². The molecule has 0 spiro atoms. The van der Waals surface area contributed by atoms with Crippen molar-refractivity contribution in [3.63, 3.8) is 0 Å². The van der Waals surface area contributed by atoms with Crippen molar-refractivity contribution in [1.82, 2.24) is 14.3 Å². The predicted octanol–water partition coefficient (Wildman–Crippen LogP) is 1.49. The van der Waals surface area contributed by atoms with Gasteiger partial charge in [-0.3, -0.25) is 0 Å². The summed E-state index contributed by atoms with van der Waals surface area (Å²) in [5.41, 5.74) is 0.634. The first-order valence-corrected chi connectivity index (χ1v) is 8.09. The first-order valence-electron chi connectivity index (χ1n) is 5.88. The second kappa shape index (κ2) is 6.19. The normalized spacial score (nSPS) is 11.8. The Morgan fingerprint density at radius 3 is 2.71 bits per heavy atom. The van der Waals surface area contributed by atoms with Gasteiger partial charge in [0.2, 0.25) is 0 Å². The molecule has 1 aromatic heterocycles. The maximum atomic E-state index is 12.0. The second-order valence-electron chi connectivity index (χ2n) is 4.24. The number of benzene rings is 1. The smallest absolute Gasteiger partial charge is 0.312 e. The molecule has 0 radical (unpaired) electrons. The molecule has 0 saturated carbocycles. The summed E-state index contributed by atoms with van der Waals surface area (Å²) in [6.45, 7) is 0. The quantitative estimate of drug-likeness (QED) is 0.611. The van der Waals surface area contributed by atoms with E-state index in [9.17, 15) is 8.42 Å². The van der Waals surface area contributed by atoms with Gasteiger partial charge in [-0.1, -0.05) is 12.1 Å². The number of rotatable bonds is 5. The van der Waals surface area contributed by atoms with Gasteiger partial charge in [-0.2, -0.15) is 12.8 Å². The topological polar surface area (TPSA) is 84.8 Å². The summed E-state index contributed by atoms with van der Waals surface area (Å²) in [7, 11) is 1.06. The van der Waals surface area contributed by atoms with Crippen LogP contribution >= 0.6 is 11.5 Å². The fourth-order valence-corrected chi connectivity index (χ4v) is 3.11. The Bertz CT molecular complexity index is 753. The van der Waals surface area contributed by atoms with E-state index in [2.05, 4.69) is 13.8 Å². The van der Waals surface area contributed by atoms with E-state index < -0.39 is 10.0 Å². The molecular weight excluding hydrogens is 312 g/mol. The van der Waals surface area contributed by atoms with Crippen molar-refractivity contribution < 1.29 is 13.2 Å². The van der Waals surface area contributed by atoms with Gasteiger partial charge in [0.05, 0.1) is 12.7 Å². The first kappa shape index (κ1) is 15.4. The summed E-state index contributed by atoms with van der Waals surface area (Å²) in [6, 6.07) is 7.14. The molecule has 0 aliphatic heterocycles. The van der Waals surface area contributed by atoms with Crippen molar-refractivity contribution in [3.8, 4) is 17.1 Å². The average molecular weight is 326 g/mol. The van der Waals surface area contributed by atoms with E-state index in [1.54, 1.807) is 32.3 Å². The van der Waals surface area contributed by atoms with Crippen molar-refractivity contribution in [2.24, 2.45) is 4.40 Å². The molecule has 2 rings (SSSR count). The van der Waals surface area contributed by atoms with E-state index in [1.807, 2.05) is 6.07 Å². The first-order chi connectivity index (χ1) is 9.94. The Hall–Kier alpha value is -2.00. The Morgan fingerprint density at radius 1 is 1.33 bits per heavy atom. The lowest BCUT2D eigenvalue weighted by Gasteiger charge is -2.03. The molecular formula is C12H14N4O3S2. The molecule has 0 aliphatic rings. The van der Waals surface area contributed by atoms with Crippen molar-refractivity contribution in [2.45, 2.75) is 4.34 Å². The van der Waals surface area contributed by atoms with Crippen LogP contribution in [0.25, 0.3) is 11.4 Å². The van der Waals surface area contributed by atoms with Crippen molar-refractivity contribution in [2.75, 3.05) is 21.2 Å². The summed E-state index contributed by atoms with van der Waals surface area (Å²) in [6.07, 6.45) is 1.21. The van der Waals surface area contributed by atoms with E-state index in [4.69, 9.17) is 4.74 Å². The minimum atomic E-state index is -3.83. The zero-order valence-corrected chi connectivity index (χ0v) is 13.3. The zero-order chi connectivity index (χ0) is 15.5. The van der Waals surface area contributed by atoms with Crippen LogP contribution in [-0.2, 0) is 10.0 Å². The number of para-hydroxylation sites is 1. The number of sulfonamides is 1. The van der Waals surface area contributed by atoms with Crippen molar-refractivity contribution >= 4 is 27.9 Å². The van der Waals surface area contributed by atoms with Gasteiger partial charge in [0.1, 0.15) is 12.1 Å². The van der Waals surface area contributed by atoms with Gasteiger partial charge in [-0.05, 0) is 12.1 Å². The van der Waals surface area contributed by atoms with Crippen LogP contribution < -0.4 is 4.74 Å². The average Bonchev–Trinajstić information content (AvgIpc) is 2.95. The highest BCUT2D eigenvalue weighted by atomic mass is 32.2. The van der Waals surface area contributed by atoms with Gasteiger partial charge in [-0.25, -0.2) is 4.98 Å². The van der Waals surface area contributed by atoms with E-state index in [1.165, 1.54) is 18.3 Å².